The average molecular weight is 273 g/mol. The highest BCUT2D eigenvalue weighted by molar-refractivity contribution is 6.04. The smallest absolute Gasteiger partial charge is 0.272 e. The highest BCUT2D eigenvalue weighted by atomic mass is 19.1. The Labute approximate surface area is 113 Å². The van der Waals surface area contributed by atoms with Gasteiger partial charge in [0.2, 0.25) is 0 Å². The molecule has 1 amide bonds. The highest BCUT2D eigenvalue weighted by Crippen LogP contribution is 2.17. The number of carbonyl (C=O) groups excluding carboxylic acids is 1. The summed E-state index contributed by atoms with van der Waals surface area (Å²) >= 11 is 0. The van der Waals surface area contributed by atoms with Crippen molar-refractivity contribution in [3.05, 3.63) is 47.7 Å². The fourth-order valence-corrected chi connectivity index (χ4v) is 1.99. The van der Waals surface area contributed by atoms with Crippen LogP contribution in [0.3, 0.4) is 0 Å². The second-order valence-corrected chi connectivity index (χ2v) is 4.47. The molecule has 3 aromatic rings. The molecule has 2 heterocycles. The molecule has 0 atom stereocenters. The molecule has 0 saturated carbocycles. The Hall–Kier alpha value is -2.70. The van der Waals surface area contributed by atoms with Crippen LogP contribution in [0, 0.1) is 5.82 Å². The molecule has 0 unspecified atom stereocenters. The molecule has 0 spiro atoms. The number of hydrogen-bond donors (Lipinski definition) is 2. The van der Waals surface area contributed by atoms with Gasteiger partial charge in [-0.15, -0.1) is 0 Å². The minimum Gasteiger partial charge on any atom is -0.346 e. The Morgan fingerprint density at radius 3 is 3.10 bits per heavy atom. The van der Waals surface area contributed by atoms with Gasteiger partial charge in [-0.05, 0) is 18.2 Å². The molecule has 6 nitrogen and oxygen atoms in total. The molecular formula is C13H12FN5O. The van der Waals surface area contributed by atoms with Crippen molar-refractivity contribution in [2.75, 3.05) is 0 Å². The van der Waals surface area contributed by atoms with Crippen LogP contribution in [0.2, 0.25) is 0 Å². The predicted molar refractivity (Wildman–Crippen MR) is 70.4 cm³/mol. The van der Waals surface area contributed by atoms with E-state index in [0.29, 0.717) is 17.4 Å². The van der Waals surface area contributed by atoms with Gasteiger partial charge in [-0.2, -0.15) is 10.2 Å². The maximum atomic E-state index is 13.2. The summed E-state index contributed by atoms with van der Waals surface area (Å²) in [5, 5.41) is 13.8. The standard InChI is InChI=1S/C13H12FN5O/c1-19-7-8(6-16-19)5-15-13(20)12-10-4-9(14)2-3-11(10)17-18-12/h2-4,6-7H,5H2,1H3,(H,15,20)(H,17,18). The molecule has 3 rings (SSSR count). The lowest BCUT2D eigenvalue weighted by Crippen LogP contribution is -2.23. The summed E-state index contributed by atoms with van der Waals surface area (Å²) < 4.78 is 14.9. The van der Waals surface area contributed by atoms with Gasteiger partial charge in [0.05, 0.1) is 11.7 Å². The van der Waals surface area contributed by atoms with Gasteiger partial charge < -0.3 is 5.32 Å². The Kier molecular flexibility index (Phi) is 2.94. The molecule has 0 aliphatic rings. The summed E-state index contributed by atoms with van der Waals surface area (Å²) in [6.45, 7) is 0.344. The van der Waals surface area contributed by atoms with E-state index in [2.05, 4.69) is 20.6 Å². The molecule has 2 aromatic heterocycles. The second-order valence-electron chi connectivity index (χ2n) is 4.47. The van der Waals surface area contributed by atoms with E-state index in [-0.39, 0.29) is 11.6 Å². The van der Waals surface area contributed by atoms with Crippen molar-refractivity contribution in [3.63, 3.8) is 0 Å². The quantitative estimate of drug-likeness (QED) is 0.756. The van der Waals surface area contributed by atoms with Gasteiger partial charge in [0.25, 0.3) is 5.91 Å². The van der Waals surface area contributed by atoms with Crippen LogP contribution in [0.5, 0.6) is 0 Å². The van der Waals surface area contributed by atoms with Crippen molar-refractivity contribution < 1.29 is 9.18 Å². The summed E-state index contributed by atoms with van der Waals surface area (Å²) in [5.74, 6) is -0.758. The summed E-state index contributed by atoms with van der Waals surface area (Å²) in [6, 6.07) is 4.16. The van der Waals surface area contributed by atoms with Crippen LogP contribution in [-0.4, -0.2) is 25.9 Å². The Balaban J connectivity index is 1.80. The van der Waals surface area contributed by atoms with Crippen LogP contribution in [0.25, 0.3) is 10.9 Å². The average Bonchev–Trinajstić information content (AvgIpc) is 3.02. The van der Waals surface area contributed by atoms with Gasteiger partial charge in [-0.25, -0.2) is 4.39 Å². The van der Waals surface area contributed by atoms with Crippen LogP contribution >= 0.6 is 0 Å². The van der Waals surface area contributed by atoms with Gasteiger partial charge in [0.1, 0.15) is 5.82 Å². The zero-order valence-electron chi connectivity index (χ0n) is 10.7. The minimum absolute atomic E-state index is 0.184. The number of aromatic amines is 1. The molecule has 0 aliphatic heterocycles. The van der Waals surface area contributed by atoms with Crippen LogP contribution in [0.4, 0.5) is 4.39 Å². The lowest BCUT2D eigenvalue weighted by Gasteiger charge is -2.01. The second kappa shape index (κ2) is 4.76. The molecule has 1 aromatic carbocycles. The van der Waals surface area contributed by atoms with Crippen LogP contribution in [0.1, 0.15) is 16.1 Å². The van der Waals surface area contributed by atoms with E-state index in [0.717, 1.165) is 5.56 Å². The maximum Gasteiger partial charge on any atom is 0.272 e. The van der Waals surface area contributed by atoms with Crippen LogP contribution in [-0.2, 0) is 13.6 Å². The van der Waals surface area contributed by atoms with Crippen molar-refractivity contribution in [1.82, 2.24) is 25.3 Å². The fourth-order valence-electron chi connectivity index (χ4n) is 1.99. The van der Waals surface area contributed by atoms with Gasteiger partial charge in [0, 0.05) is 30.7 Å². The third-order valence-electron chi connectivity index (χ3n) is 2.95. The minimum atomic E-state index is -0.403. The van der Waals surface area contributed by atoms with E-state index in [1.165, 1.54) is 12.1 Å². The number of aromatic nitrogens is 4. The zero-order valence-corrected chi connectivity index (χ0v) is 10.7. The maximum absolute atomic E-state index is 13.2. The van der Waals surface area contributed by atoms with Crippen molar-refractivity contribution in [2.45, 2.75) is 6.54 Å². The van der Waals surface area contributed by atoms with Gasteiger partial charge in [-0.3, -0.25) is 14.6 Å². The first-order valence-corrected chi connectivity index (χ1v) is 6.03. The lowest BCUT2D eigenvalue weighted by molar-refractivity contribution is 0.0947. The third-order valence-corrected chi connectivity index (χ3v) is 2.95. The van der Waals surface area contributed by atoms with E-state index >= 15 is 0 Å². The van der Waals surface area contributed by atoms with Crippen molar-refractivity contribution in [1.29, 1.82) is 0 Å². The number of rotatable bonds is 3. The van der Waals surface area contributed by atoms with Gasteiger partial charge >= 0.3 is 0 Å². The molecule has 0 bridgehead atoms. The highest BCUT2D eigenvalue weighted by Gasteiger charge is 2.14. The topological polar surface area (TPSA) is 75.6 Å². The normalized spacial score (nSPS) is 10.9. The van der Waals surface area contributed by atoms with Crippen LogP contribution < -0.4 is 5.32 Å². The fraction of sp³-hybridized carbons (Fsp3) is 0.154. The first kappa shape index (κ1) is 12.3. The van der Waals surface area contributed by atoms with Gasteiger partial charge in [0.15, 0.2) is 5.69 Å². The zero-order chi connectivity index (χ0) is 14.1. The number of H-pyrrole nitrogens is 1. The molecule has 7 heteroatoms. The SMILES string of the molecule is Cn1cc(CNC(=O)c2n[nH]c3ccc(F)cc23)cn1. The van der Waals surface area contributed by atoms with Crippen molar-refractivity contribution in [2.24, 2.45) is 7.05 Å². The predicted octanol–water partition coefficient (Wildman–Crippen LogP) is 1.37. The van der Waals surface area contributed by atoms with Crippen molar-refractivity contribution >= 4 is 16.8 Å². The number of fused-ring (bicyclic) bond motifs is 1. The summed E-state index contributed by atoms with van der Waals surface area (Å²) in [6.07, 6.45) is 3.48. The summed E-state index contributed by atoms with van der Waals surface area (Å²) in [4.78, 5) is 12.1. The van der Waals surface area contributed by atoms with Gasteiger partial charge in [-0.1, -0.05) is 0 Å². The summed E-state index contributed by atoms with van der Waals surface area (Å²) in [5.41, 5.74) is 1.69. The number of aryl methyl sites for hydroxylation is 1. The van der Waals surface area contributed by atoms with E-state index in [1.807, 2.05) is 6.20 Å². The third kappa shape index (κ3) is 2.25. The molecule has 0 saturated heterocycles. The Bertz CT molecular complexity index is 776. The molecular weight excluding hydrogens is 261 g/mol. The number of hydrogen-bond acceptors (Lipinski definition) is 3. The monoisotopic (exact) mass is 273 g/mol. The first-order chi connectivity index (χ1) is 9.63. The number of amides is 1. The van der Waals surface area contributed by atoms with Crippen LogP contribution in [0.15, 0.2) is 30.6 Å². The number of nitrogens with one attached hydrogen (secondary N) is 2. The van der Waals surface area contributed by atoms with E-state index in [9.17, 15) is 9.18 Å². The number of halogens is 1. The van der Waals surface area contributed by atoms with Crippen molar-refractivity contribution in [3.8, 4) is 0 Å². The largest absolute Gasteiger partial charge is 0.346 e. The molecule has 102 valence electrons. The Morgan fingerprint density at radius 1 is 1.50 bits per heavy atom. The summed E-state index contributed by atoms with van der Waals surface area (Å²) in [7, 11) is 1.80. The van der Waals surface area contributed by atoms with E-state index in [1.54, 1.807) is 24.0 Å². The molecule has 0 fully saturated rings. The Morgan fingerprint density at radius 2 is 2.35 bits per heavy atom. The number of nitrogens with zero attached hydrogens (tertiary/aromatic N) is 3. The molecule has 20 heavy (non-hydrogen) atoms. The lowest BCUT2D eigenvalue weighted by atomic mass is 10.2. The van der Waals surface area contributed by atoms with E-state index < -0.39 is 5.82 Å². The molecule has 2 N–H and O–H groups in total. The molecule has 0 aliphatic carbocycles. The molecule has 0 radical (unpaired) electrons. The van der Waals surface area contributed by atoms with E-state index in [4.69, 9.17) is 0 Å². The number of carbonyl (C=O) groups is 1. The number of benzene rings is 1. The first-order valence-electron chi connectivity index (χ1n) is 6.03.